The third-order valence-corrected chi connectivity index (χ3v) is 2.47. The lowest BCUT2D eigenvalue weighted by Gasteiger charge is -2.30. The Bertz CT molecular complexity index is 210. The van der Waals surface area contributed by atoms with Gasteiger partial charge in [-0.15, -0.1) is 13.2 Å². The van der Waals surface area contributed by atoms with Gasteiger partial charge in [-0.05, 0) is 18.8 Å². The Balaban J connectivity index is 2.44. The number of nitrogens with zero attached hydrogens (tertiary/aromatic N) is 1. The van der Waals surface area contributed by atoms with Crippen LogP contribution in [0.4, 0.5) is 0 Å². The Labute approximate surface area is 79.9 Å². The van der Waals surface area contributed by atoms with E-state index in [4.69, 9.17) is 0 Å². The van der Waals surface area contributed by atoms with E-state index in [2.05, 4.69) is 13.2 Å². The lowest BCUT2D eigenvalue weighted by molar-refractivity contribution is -0.134. The van der Waals surface area contributed by atoms with Crippen LogP contribution < -0.4 is 0 Å². The highest BCUT2D eigenvalue weighted by molar-refractivity contribution is 5.77. The van der Waals surface area contributed by atoms with Gasteiger partial charge in [0.25, 0.3) is 0 Å². The van der Waals surface area contributed by atoms with Gasteiger partial charge >= 0.3 is 0 Å². The average Bonchev–Trinajstić information content (AvgIpc) is 2.17. The van der Waals surface area contributed by atoms with Crippen molar-refractivity contribution >= 4 is 5.91 Å². The number of piperidine rings is 1. The molecule has 1 fully saturated rings. The summed E-state index contributed by atoms with van der Waals surface area (Å²) in [6.07, 6.45) is 6.33. The number of carbonyl (C=O) groups excluding carboxylic acids is 1. The van der Waals surface area contributed by atoms with Crippen molar-refractivity contribution in [1.29, 1.82) is 0 Å². The van der Waals surface area contributed by atoms with Crippen LogP contribution in [0.3, 0.4) is 0 Å². The Kier molecular flexibility index (Phi) is 3.74. The topological polar surface area (TPSA) is 20.3 Å². The molecule has 1 saturated heterocycles. The summed E-state index contributed by atoms with van der Waals surface area (Å²) in [5.41, 5.74) is 0. The van der Waals surface area contributed by atoms with Crippen LogP contribution in [0.5, 0.6) is 0 Å². The van der Waals surface area contributed by atoms with Crippen molar-refractivity contribution in [1.82, 2.24) is 4.90 Å². The number of rotatable bonds is 4. The van der Waals surface area contributed by atoms with Gasteiger partial charge in [0.2, 0.25) is 5.91 Å². The number of carbonyl (C=O) groups is 1. The lowest BCUT2D eigenvalue weighted by atomic mass is 9.98. The summed E-state index contributed by atoms with van der Waals surface area (Å²) in [4.78, 5) is 13.3. The zero-order chi connectivity index (χ0) is 9.68. The second kappa shape index (κ2) is 4.85. The number of hydrogen-bond donors (Lipinski definition) is 0. The summed E-state index contributed by atoms with van der Waals surface area (Å²) in [5, 5.41) is 0. The van der Waals surface area contributed by atoms with E-state index in [1.54, 1.807) is 0 Å². The SMILES string of the molecule is C=CCCN1CC(C=C)CCC1=O. The predicted octanol–water partition coefficient (Wildman–Crippen LogP) is 1.99. The molecule has 2 heteroatoms. The minimum absolute atomic E-state index is 0.278. The van der Waals surface area contributed by atoms with Crippen LogP contribution in [0.15, 0.2) is 25.3 Å². The van der Waals surface area contributed by atoms with Gasteiger partial charge in [-0.1, -0.05) is 12.2 Å². The molecule has 1 atom stereocenters. The number of amides is 1. The molecular weight excluding hydrogens is 162 g/mol. The first-order valence-electron chi connectivity index (χ1n) is 4.79. The van der Waals surface area contributed by atoms with Gasteiger partial charge in [0.05, 0.1) is 0 Å². The first-order chi connectivity index (χ1) is 6.27. The zero-order valence-corrected chi connectivity index (χ0v) is 8.04. The van der Waals surface area contributed by atoms with Crippen molar-refractivity contribution in [2.75, 3.05) is 13.1 Å². The van der Waals surface area contributed by atoms with Crippen molar-refractivity contribution < 1.29 is 4.79 Å². The molecule has 0 N–H and O–H groups in total. The van der Waals surface area contributed by atoms with Crippen LogP contribution in [-0.2, 0) is 4.79 Å². The van der Waals surface area contributed by atoms with Crippen LogP contribution in [0, 0.1) is 5.92 Å². The van der Waals surface area contributed by atoms with Crippen LogP contribution >= 0.6 is 0 Å². The van der Waals surface area contributed by atoms with Crippen molar-refractivity contribution in [3.8, 4) is 0 Å². The van der Waals surface area contributed by atoms with E-state index in [0.29, 0.717) is 12.3 Å². The zero-order valence-electron chi connectivity index (χ0n) is 8.04. The predicted molar refractivity (Wildman–Crippen MR) is 54.3 cm³/mol. The maximum atomic E-state index is 11.4. The Morgan fingerprint density at radius 1 is 1.54 bits per heavy atom. The van der Waals surface area contributed by atoms with Gasteiger partial charge in [-0.3, -0.25) is 4.79 Å². The highest BCUT2D eigenvalue weighted by Gasteiger charge is 2.22. The van der Waals surface area contributed by atoms with E-state index >= 15 is 0 Å². The molecule has 0 aromatic heterocycles. The van der Waals surface area contributed by atoms with Gasteiger partial charge in [0.15, 0.2) is 0 Å². The van der Waals surface area contributed by atoms with Crippen molar-refractivity contribution in [3.05, 3.63) is 25.3 Å². The molecule has 0 saturated carbocycles. The average molecular weight is 179 g/mol. The molecule has 0 aromatic carbocycles. The summed E-state index contributed by atoms with van der Waals surface area (Å²) >= 11 is 0. The first-order valence-corrected chi connectivity index (χ1v) is 4.79. The van der Waals surface area contributed by atoms with Crippen molar-refractivity contribution in [2.24, 2.45) is 5.92 Å². The molecular formula is C11H17NO. The summed E-state index contributed by atoms with van der Waals surface area (Å²) in [6.45, 7) is 9.07. The molecule has 1 amide bonds. The minimum atomic E-state index is 0.278. The lowest BCUT2D eigenvalue weighted by Crippen LogP contribution is -2.39. The van der Waals surface area contributed by atoms with Crippen molar-refractivity contribution in [2.45, 2.75) is 19.3 Å². The van der Waals surface area contributed by atoms with Gasteiger partial charge in [-0.25, -0.2) is 0 Å². The molecule has 0 bridgehead atoms. The molecule has 1 rings (SSSR count). The van der Waals surface area contributed by atoms with Crippen LogP contribution in [0.25, 0.3) is 0 Å². The molecule has 1 heterocycles. The fourth-order valence-corrected chi connectivity index (χ4v) is 1.60. The van der Waals surface area contributed by atoms with E-state index in [1.807, 2.05) is 17.1 Å². The molecule has 0 aromatic rings. The quantitative estimate of drug-likeness (QED) is 0.604. The molecule has 1 aliphatic heterocycles. The highest BCUT2D eigenvalue weighted by atomic mass is 16.2. The third-order valence-electron chi connectivity index (χ3n) is 2.47. The Hall–Kier alpha value is -1.05. The Morgan fingerprint density at radius 3 is 2.92 bits per heavy atom. The molecule has 1 aliphatic rings. The highest BCUT2D eigenvalue weighted by Crippen LogP contribution is 2.18. The summed E-state index contributed by atoms with van der Waals surface area (Å²) < 4.78 is 0. The normalized spacial score (nSPS) is 22.9. The fourth-order valence-electron chi connectivity index (χ4n) is 1.60. The smallest absolute Gasteiger partial charge is 0.222 e. The van der Waals surface area contributed by atoms with Crippen LogP contribution in [-0.4, -0.2) is 23.9 Å². The fraction of sp³-hybridized carbons (Fsp3) is 0.545. The molecule has 13 heavy (non-hydrogen) atoms. The van der Waals surface area contributed by atoms with E-state index in [0.717, 1.165) is 25.9 Å². The van der Waals surface area contributed by atoms with Gasteiger partial charge < -0.3 is 4.90 Å². The van der Waals surface area contributed by atoms with Gasteiger partial charge in [0, 0.05) is 19.5 Å². The summed E-state index contributed by atoms with van der Waals surface area (Å²) in [7, 11) is 0. The Morgan fingerprint density at radius 2 is 2.31 bits per heavy atom. The van der Waals surface area contributed by atoms with Crippen LogP contribution in [0.1, 0.15) is 19.3 Å². The van der Waals surface area contributed by atoms with E-state index < -0.39 is 0 Å². The van der Waals surface area contributed by atoms with Crippen LogP contribution in [0.2, 0.25) is 0 Å². The minimum Gasteiger partial charge on any atom is -0.342 e. The van der Waals surface area contributed by atoms with Gasteiger partial charge in [0.1, 0.15) is 0 Å². The molecule has 0 aliphatic carbocycles. The summed E-state index contributed by atoms with van der Waals surface area (Å²) in [5.74, 6) is 0.766. The van der Waals surface area contributed by atoms with E-state index in [1.165, 1.54) is 0 Å². The van der Waals surface area contributed by atoms with E-state index in [9.17, 15) is 4.79 Å². The van der Waals surface area contributed by atoms with E-state index in [-0.39, 0.29) is 5.91 Å². The number of likely N-dealkylation sites (tertiary alicyclic amines) is 1. The van der Waals surface area contributed by atoms with Crippen molar-refractivity contribution in [3.63, 3.8) is 0 Å². The number of hydrogen-bond acceptors (Lipinski definition) is 1. The maximum absolute atomic E-state index is 11.4. The standard InChI is InChI=1S/C11H17NO/c1-3-5-8-12-9-10(4-2)6-7-11(12)13/h3-4,10H,1-2,5-9H2. The third kappa shape index (κ3) is 2.72. The molecule has 72 valence electrons. The largest absolute Gasteiger partial charge is 0.342 e. The monoisotopic (exact) mass is 179 g/mol. The second-order valence-corrected chi connectivity index (χ2v) is 3.45. The maximum Gasteiger partial charge on any atom is 0.222 e. The molecule has 0 spiro atoms. The first kappa shape index (κ1) is 10.0. The second-order valence-electron chi connectivity index (χ2n) is 3.45. The molecule has 0 radical (unpaired) electrons. The van der Waals surface area contributed by atoms with Gasteiger partial charge in [-0.2, -0.15) is 0 Å². The molecule has 1 unspecified atom stereocenters. The molecule has 2 nitrogen and oxygen atoms in total. The summed E-state index contributed by atoms with van der Waals surface area (Å²) in [6, 6.07) is 0.